The molecule has 3 aliphatic heterocycles. The quantitative estimate of drug-likeness (QED) is 0.122. The molecule has 6 heteroatoms. The Morgan fingerprint density at radius 1 is 0.294 bits per heavy atom. The molecule has 0 spiro atoms. The molecule has 5 heterocycles. The first-order chi connectivity index (χ1) is 65.7. The zero-order valence-electron chi connectivity index (χ0n) is 90.1. The Morgan fingerprint density at radius 3 is 0.968 bits per heavy atom. The van der Waals surface area contributed by atoms with E-state index in [1.165, 1.54) is 94.7 Å². The van der Waals surface area contributed by atoms with Gasteiger partial charge in [-0.1, -0.05) is 246 Å². The molecule has 0 amide bonds. The molecule has 0 saturated carbocycles. The molecule has 0 N–H and O–H groups in total. The lowest BCUT2D eigenvalue weighted by Crippen LogP contribution is -2.17. The summed E-state index contributed by atoms with van der Waals surface area (Å²) >= 11 is 0. The van der Waals surface area contributed by atoms with Crippen molar-refractivity contribution in [1.29, 1.82) is 0 Å². The second-order valence-electron chi connectivity index (χ2n) is 35.5. The topological polar surface area (TPSA) is 72.6 Å². The number of hydrogen-bond acceptors (Lipinski definition) is 6. The summed E-state index contributed by atoms with van der Waals surface area (Å²) in [6, 6.07) is 88.9. The highest BCUT2D eigenvalue weighted by molar-refractivity contribution is 5.97. The van der Waals surface area contributed by atoms with Crippen LogP contribution >= 0.6 is 0 Å². The minimum atomic E-state index is -2.36. The summed E-state index contributed by atoms with van der Waals surface area (Å²) in [6.07, 6.45) is 1.83. The molecule has 126 heavy (non-hydrogen) atoms. The van der Waals surface area contributed by atoms with Gasteiger partial charge in [0, 0.05) is 59.8 Å². The number of nitrogens with zero attached hydrogens (tertiary/aromatic N) is 3. The molecule has 0 fully saturated rings. The lowest BCUT2D eigenvalue weighted by molar-refractivity contribution is 0.279. The zero-order chi connectivity index (χ0) is 101. The fourth-order valence-electron chi connectivity index (χ4n) is 16.9. The van der Waals surface area contributed by atoms with E-state index in [1.807, 2.05) is 122 Å². The van der Waals surface area contributed by atoms with E-state index >= 15 is 0 Å². The zero-order valence-corrected chi connectivity index (χ0v) is 76.1. The lowest BCUT2D eigenvalue weighted by Gasteiger charge is -2.19. The molecule has 0 unspecified atom stereocenters. The minimum Gasteiger partial charge on any atom is -0.475 e. The first kappa shape index (κ1) is 71.3. The van der Waals surface area contributed by atoms with E-state index in [-0.39, 0.29) is 27.8 Å². The van der Waals surface area contributed by atoms with Crippen molar-refractivity contribution in [2.45, 2.75) is 189 Å². The van der Waals surface area contributed by atoms with Crippen molar-refractivity contribution in [1.82, 2.24) is 0 Å². The predicted molar refractivity (Wildman–Crippen MR) is 539 cm³/mol. The molecule has 3 aliphatic rings. The third kappa shape index (κ3) is 19.9. The molecule has 0 radical (unpaired) electrons. The van der Waals surface area contributed by atoms with Crippen LogP contribution in [-0.4, -0.2) is 29.5 Å². The highest BCUT2D eigenvalue weighted by Crippen LogP contribution is 2.41. The molecular formula is C120H121N3O3. The van der Waals surface area contributed by atoms with Gasteiger partial charge in [0.15, 0.2) is 0 Å². The average molecular weight is 1670 g/mol. The largest absolute Gasteiger partial charge is 0.475 e. The van der Waals surface area contributed by atoms with Crippen molar-refractivity contribution < 1.29 is 32.8 Å². The van der Waals surface area contributed by atoms with Crippen LogP contribution in [0.15, 0.2) is 291 Å². The number of aryl methyl sites for hydroxylation is 14. The third-order valence-corrected chi connectivity index (χ3v) is 24.4. The van der Waals surface area contributed by atoms with Gasteiger partial charge < -0.3 is 13.6 Å². The van der Waals surface area contributed by atoms with Crippen LogP contribution in [0, 0.1) is 104 Å². The third-order valence-electron chi connectivity index (χ3n) is 24.4. The van der Waals surface area contributed by atoms with Gasteiger partial charge in [0.05, 0.1) is 16.9 Å². The lowest BCUT2D eigenvalue weighted by atomic mass is 9.86. The Balaban J connectivity index is 0.000000133. The van der Waals surface area contributed by atoms with Gasteiger partial charge in [-0.15, -0.1) is 0 Å². The van der Waals surface area contributed by atoms with Gasteiger partial charge in [0.2, 0.25) is 5.90 Å². The summed E-state index contributed by atoms with van der Waals surface area (Å²) in [4.78, 5) is 13.9. The second kappa shape index (κ2) is 37.0. The molecule has 2 aromatic heterocycles. The first-order valence-corrected chi connectivity index (χ1v) is 43.4. The van der Waals surface area contributed by atoms with E-state index in [2.05, 4.69) is 217 Å². The number of hydrogen-bond donors (Lipinski definition) is 0. The van der Waals surface area contributed by atoms with E-state index < -0.39 is 39.2 Å². The number of ether oxygens (including phenoxy) is 1. The molecule has 0 bridgehead atoms. The molecule has 19 rings (SSSR count). The summed E-state index contributed by atoms with van der Waals surface area (Å²) in [5.74, 6) is 1.01. The standard InChI is InChI=1S/C24H31NO.2C24H23N.2C24H22O/c1-15(2)21-12-20(13-22(16(3)4)17(21)5)18-8-10-19(11-9-18)23-25-24(6,7)14-26-23;4*1-15-5-6-21(11-16(15)2)23-10-9-19(12-17(23)3)20-7-8-22-13-18(4)25-24(22)14-20/h8-13,15-16H,14H2,1-7H3;2*5-12,14H,13H2,1-4H3;2*5-14H,1-4H3/i15D,16D;2D3,3D3;;2D3,3D3;. The monoisotopic (exact) mass is 1670 g/mol. The fourth-order valence-corrected chi connectivity index (χ4v) is 16.9. The van der Waals surface area contributed by atoms with Gasteiger partial charge in [0.1, 0.15) is 29.3 Å². The van der Waals surface area contributed by atoms with Crippen LogP contribution < -0.4 is 0 Å². The van der Waals surface area contributed by atoms with Gasteiger partial charge in [-0.2, -0.15) is 0 Å². The summed E-state index contributed by atoms with van der Waals surface area (Å²) in [5, 5.41) is 2.15. The number of aliphatic imine (C=N–C) groups is 3. The van der Waals surface area contributed by atoms with Gasteiger partial charge in [0.25, 0.3) is 0 Å². The summed E-state index contributed by atoms with van der Waals surface area (Å²) in [7, 11) is 0. The van der Waals surface area contributed by atoms with Crippen LogP contribution in [0.3, 0.4) is 0 Å². The van der Waals surface area contributed by atoms with Crippen LogP contribution in [-0.2, 0) is 17.6 Å². The van der Waals surface area contributed by atoms with Crippen molar-refractivity contribution in [3.8, 4) is 100 Å². The molecule has 0 saturated heterocycles. The van der Waals surface area contributed by atoms with Crippen molar-refractivity contribution >= 4 is 50.6 Å². The van der Waals surface area contributed by atoms with Crippen LogP contribution in [0.25, 0.3) is 122 Å². The van der Waals surface area contributed by atoms with E-state index in [9.17, 15) is 0 Å². The Bertz CT molecular complexity index is 7530. The molecule has 0 atom stereocenters. The Labute approximate surface area is 768 Å². The molecular weight excluding hydrogens is 1530 g/mol. The highest BCUT2D eigenvalue weighted by atomic mass is 16.5. The summed E-state index contributed by atoms with van der Waals surface area (Å²) in [6.45, 7) is 29.6. The fraction of sp³-hybridized carbons (Fsp3) is 0.242. The molecule has 634 valence electrons. The van der Waals surface area contributed by atoms with Gasteiger partial charge >= 0.3 is 0 Å². The number of furan rings is 2. The van der Waals surface area contributed by atoms with Crippen molar-refractivity contribution in [3.05, 3.63) is 379 Å². The van der Waals surface area contributed by atoms with Crippen LogP contribution in [0.4, 0.5) is 11.4 Å². The maximum Gasteiger partial charge on any atom is 0.216 e. The van der Waals surface area contributed by atoms with Gasteiger partial charge in [-0.05, 0) is 386 Å². The maximum atomic E-state index is 8.57. The number of rotatable bonds is 12. The van der Waals surface area contributed by atoms with Crippen LogP contribution in [0.1, 0.15) is 198 Å². The van der Waals surface area contributed by atoms with Crippen molar-refractivity contribution in [2.75, 3.05) is 6.61 Å². The SMILES string of the molecule is CC1=Nc2cc(-c3ccc(-c4ccc(C)c(C)c4)c(C)c3)ccc2C1.Cc1cc2ccc(-c3ccc(-c4ccc(C)c(C)c4)c(C)c3)cc2o1.[2H]C(C)(C)c1cc(-c2ccc(C3=NC(C)(C)CO3)cc2)cc(C([2H])(C)C)c1C.[2H]C([2H])([2H])c1cc(-c2ccc(-c3ccc4c(c3)N=C(C)C4)cc2C([2H])([2H])[2H])ccc1C.[2H]C([2H])([2H])c1cc(-c2ccc(-c3ccc4cc(C)oc4c3)cc2C([2H])([2H])[2H])ccc1C. The van der Waals surface area contributed by atoms with Crippen molar-refractivity contribution in [3.63, 3.8) is 0 Å². The number of fused-ring (bicyclic) bond motifs is 4. The van der Waals surface area contributed by atoms with E-state index in [1.54, 1.807) is 74.5 Å². The smallest absolute Gasteiger partial charge is 0.216 e. The molecule has 6 nitrogen and oxygen atoms in total. The average Bonchev–Trinajstić information content (AvgIpc) is 1.14. The Kier molecular flexibility index (Phi) is 20.9. The van der Waals surface area contributed by atoms with E-state index in [0.717, 1.165) is 119 Å². The Morgan fingerprint density at radius 2 is 0.603 bits per heavy atom. The minimum absolute atomic E-state index is 0.172. The van der Waals surface area contributed by atoms with E-state index in [4.69, 9.17) is 32.8 Å². The van der Waals surface area contributed by atoms with Gasteiger partial charge in [-0.3, -0.25) is 9.98 Å². The second-order valence-corrected chi connectivity index (χ2v) is 35.5. The van der Waals surface area contributed by atoms with E-state index in [0.29, 0.717) is 45.9 Å². The normalized spacial score (nSPS) is 15.1. The van der Waals surface area contributed by atoms with Gasteiger partial charge in [-0.25, -0.2) is 4.99 Å². The van der Waals surface area contributed by atoms with Crippen LogP contribution in [0.5, 0.6) is 0 Å². The Hall–Kier alpha value is -13.0. The molecule has 14 aromatic carbocycles. The maximum absolute atomic E-state index is 8.57. The highest BCUT2D eigenvalue weighted by Gasteiger charge is 2.28. The number of benzene rings is 14. The predicted octanol–water partition coefficient (Wildman–Crippen LogP) is 33.7. The molecule has 16 aromatic rings. The van der Waals surface area contributed by atoms with Crippen molar-refractivity contribution in [2.24, 2.45) is 15.0 Å². The first-order valence-electron chi connectivity index (χ1n) is 50.4. The molecule has 0 aliphatic carbocycles. The summed E-state index contributed by atoms with van der Waals surface area (Å²) in [5.41, 5.74) is 40.1. The summed E-state index contributed by atoms with van der Waals surface area (Å²) < 4.78 is 130. The van der Waals surface area contributed by atoms with Crippen LogP contribution in [0.2, 0.25) is 0 Å².